The van der Waals surface area contributed by atoms with E-state index in [2.05, 4.69) is 25.6 Å². The van der Waals surface area contributed by atoms with Crippen LogP contribution in [0.5, 0.6) is 0 Å². The first kappa shape index (κ1) is 24.0. The Morgan fingerprint density at radius 1 is 1.26 bits per heavy atom. The highest BCUT2D eigenvalue weighted by Crippen LogP contribution is 3.02. The molecule has 3 N–H and O–H groups in total. The SMILES string of the molecule is N#Cc1nn(-c2c(Cl)cc(S(F)(F)(F)(F)F)cc2Cl)c(NCc2ncn[nH]2)c1C1(C(=O)O)CC1. The Bertz CT molecular complexity index is 1340. The summed E-state index contributed by atoms with van der Waals surface area (Å²) in [4.78, 5) is 13.6. The van der Waals surface area contributed by atoms with Crippen molar-refractivity contribution in [3.63, 3.8) is 0 Å². The molecule has 0 bridgehead atoms. The monoisotopic (exact) mass is 543 g/mol. The van der Waals surface area contributed by atoms with Gasteiger partial charge in [-0.05, 0) is 25.0 Å². The average molecular weight is 544 g/mol. The molecule has 17 heteroatoms. The molecule has 0 saturated heterocycles. The Morgan fingerprint density at radius 3 is 2.32 bits per heavy atom. The number of aromatic amines is 1. The standard InChI is InChI=1S/C17H12Cl2F5N7O2S/c18-9-3-8(34(20,21,22,23)24)4-10(19)14(9)31-15(26-6-12-27-7-28-29-12)13(11(5-25)30-31)17(1-2-17)16(32)33/h3-4,7,26H,1-2,6H2,(H,32,33)(H,27,28,29). The lowest BCUT2D eigenvalue weighted by atomic mass is 9.95. The smallest absolute Gasteiger partial charge is 0.314 e. The quantitative estimate of drug-likeness (QED) is 0.332. The molecule has 0 aliphatic heterocycles. The first-order chi connectivity index (χ1) is 15.6. The lowest BCUT2D eigenvalue weighted by Gasteiger charge is -2.40. The van der Waals surface area contributed by atoms with Crippen LogP contribution in [0.15, 0.2) is 23.4 Å². The number of carboxylic acid groups (broad SMARTS) is 1. The molecule has 0 radical (unpaired) electrons. The number of halogens is 7. The van der Waals surface area contributed by atoms with Crippen LogP contribution in [-0.2, 0) is 16.8 Å². The van der Waals surface area contributed by atoms with E-state index in [4.69, 9.17) is 23.2 Å². The van der Waals surface area contributed by atoms with Gasteiger partial charge in [-0.15, -0.1) is 0 Å². The van der Waals surface area contributed by atoms with Crippen LogP contribution in [0.4, 0.5) is 25.2 Å². The van der Waals surface area contributed by atoms with Crippen molar-refractivity contribution < 1.29 is 29.3 Å². The summed E-state index contributed by atoms with van der Waals surface area (Å²) in [7, 11) is -10.1. The highest BCUT2D eigenvalue weighted by Gasteiger charge is 2.65. The molecule has 0 unspecified atom stereocenters. The molecule has 4 rings (SSSR count). The van der Waals surface area contributed by atoms with Crippen molar-refractivity contribution in [2.24, 2.45) is 0 Å². The Kier molecular flexibility index (Phi) is 4.93. The maximum absolute atomic E-state index is 13.3. The van der Waals surface area contributed by atoms with Gasteiger partial charge in [-0.1, -0.05) is 42.6 Å². The Morgan fingerprint density at radius 2 is 1.88 bits per heavy atom. The van der Waals surface area contributed by atoms with Crippen LogP contribution in [0.3, 0.4) is 0 Å². The summed E-state index contributed by atoms with van der Waals surface area (Å²) in [5, 5.41) is 30.7. The van der Waals surface area contributed by atoms with E-state index < -0.39 is 42.2 Å². The van der Waals surface area contributed by atoms with Crippen LogP contribution in [0, 0.1) is 11.3 Å². The predicted octanol–water partition coefficient (Wildman–Crippen LogP) is 5.55. The molecular weight excluding hydrogens is 532 g/mol. The summed E-state index contributed by atoms with van der Waals surface area (Å²) in [6.45, 7) is -0.0992. The third-order valence-electron chi connectivity index (χ3n) is 5.17. The molecule has 0 amide bonds. The third-order valence-corrected chi connectivity index (χ3v) is 6.87. The highest BCUT2D eigenvalue weighted by atomic mass is 35.5. The van der Waals surface area contributed by atoms with Crippen LogP contribution in [-0.4, -0.2) is 36.0 Å². The van der Waals surface area contributed by atoms with E-state index in [1.54, 1.807) is 6.07 Å². The van der Waals surface area contributed by atoms with Crippen molar-refractivity contribution in [2.45, 2.75) is 29.7 Å². The highest BCUT2D eigenvalue weighted by molar-refractivity contribution is 8.45. The first-order valence-corrected chi connectivity index (χ1v) is 11.9. The second-order valence-corrected chi connectivity index (χ2v) is 10.7. The van der Waals surface area contributed by atoms with Crippen LogP contribution in [0.1, 0.15) is 29.9 Å². The zero-order valence-electron chi connectivity index (χ0n) is 16.5. The first-order valence-electron chi connectivity index (χ1n) is 9.16. The van der Waals surface area contributed by atoms with E-state index in [1.807, 2.05) is 0 Å². The van der Waals surface area contributed by atoms with Crippen molar-refractivity contribution in [1.82, 2.24) is 25.0 Å². The second kappa shape index (κ2) is 6.96. The van der Waals surface area contributed by atoms with Crippen molar-refractivity contribution in [1.29, 1.82) is 5.26 Å². The molecular formula is C17H12Cl2F5N7O2S. The van der Waals surface area contributed by atoms with Gasteiger partial charge in [-0.25, -0.2) is 9.67 Å². The van der Waals surface area contributed by atoms with Crippen molar-refractivity contribution in [2.75, 3.05) is 5.32 Å². The molecule has 0 spiro atoms. The number of rotatable bonds is 7. The number of hydrogen-bond acceptors (Lipinski definition) is 6. The van der Waals surface area contributed by atoms with Crippen molar-refractivity contribution in [3.05, 3.63) is 45.6 Å². The number of benzene rings is 1. The number of nitrogens with one attached hydrogen (secondary N) is 2. The number of anilines is 1. The average Bonchev–Trinajstić information content (AvgIpc) is 3.18. The van der Waals surface area contributed by atoms with E-state index in [1.165, 1.54) is 6.33 Å². The Balaban J connectivity index is 1.95. The number of nitriles is 1. The zero-order chi connectivity index (χ0) is 25.2. The van der Waals surface area contributed by atoms with Crippen LogP contribution in [0.2, 0.25) is 10.0 Å². The van der Waals surface area contributed by atoms with Crippen LogP contribution >= 0.6 is 33.4 Å². The normalized spacial score (nSPS) is 16.9. The molecule has 2 heterocycles. The predicted molar refractivity (Wildman–Crippen MR) is 112 cm³/mol. The van der Waals surface area contributed by atoms with Crippen LogP contribution < -0.4 is 5.32 Å². The molecule has 2 aromatic heterocycles. The fourth-order valence-electron chi connectivity index (χ4n) is 3.42. The summed E-state index contributed by atoms with van der Waals surface area (Å²) in [6.07, 6.45) is 1.51. The van der Waals surface area contributed by atoms with Gasteiger partial charge in [0.05, 0.1) is 27.6 Å². The molecule has 1 saturated carbocycles. The number of carboxylic acids is 1. The largest absolute Gasteiger partial charge is 0.481 e. The molecule has 34 heavy (non-hydrogen) atoms. The maximum atomic E-state index is 13.3. The molecule has 3 aromatic rings. The molecule has 9 nitrogen and oxygen atoms in total. The number of hydrogen-bond donors (Lipinski definition) is 3. The number of carbonyl (C=O) groups is 1. The topological polar surface area (TPSA) is 133 Å². The van der Waals surface area contributed by atoms with Gasteiger partial charge < -0.3 is 10.4 Å². The number of aromatic nitrogens is 5. The number of aliphatic carboxylic acids is 1. The minimum atomic E-state index is -10.1. The van der Waals surface area contributed by atoms with Crippen molar-refractivity contribution >= 4 is 45.2 Å². The molecule has 1 fully saturated rings. The summed E-state index contributed by atoms with van der Waals surface area (Å²) >= 11 is 11.9. The van der Waals surface area contributed by atoms with Gasteiger partial charge in [-0.3, -0.25) is 9.89 Å². The lowest BCUT2D eigenvalue weighted by Crippen LogP contribution is -2.22. The Hall–Kier alpha value is -3.09. The number of H-pyrrole nitrogens is 1. The lowest BCUT2D eigenvalue weighted by molar-refractivity contribution is -0.140. The summed E-state index contributed by atoms with van der Waals surface area (Å²) < 4.78 is 67.3. The minimum absolute atomic E-state index is 0.00203. The van der Waals surface area contributed by atoms with Gasteiger partial charge in [0.25, 0.3) is 0 Å². The van der Waals surface area contributed by atoms with E-state index >= 15 is 0 Å². The van der Waals surface area contributed by atoms with Gasteiger partial charge in [0.15, 0.2) is 5.69 Å². The van der Waals surface area contributed by atoms with Crippen LogP contribution in [0.25, 0.3) is 5.69 Å². The summed E-state index contributed by atoms with van der Waals surface area (Å²) in [5.74, 6) is -1.10. The molecule has 1 aliphatic rings. The summed E-state index contributed by atoms with van der Waals surface area (Å²) in [5.41, 5.74) is -2.36. The summed E-state index contributed by atoms with van der Waals surface area (Å²) in [6, 6.07) is 1.76. The third kappa shape index (κ3) is 4.12. The number of nitrogens with zero attached hydrogens (tertiary/aromatic N) is 5. The van der Waals surface area contributed by atoms with Gasteiger partial charge >= 0.3 is 16.2 Å². The fourth-order valence-corrected chi connectivity index (χ4v) is 4.88. The van der Waals surface area contributed by atoms with Gasteiger partial charge in [0.1, 0.15) is 34.6 Å². The van der Waals surface area contributed by atoms with E-state index in [9.17, 15) is 34.6 Å². The maximum Gasteiger partial charge on any atom is 0.314 e. The van der Waals surface area contributed by atoms with Gasteiger partial charge in [0.2, 0.25) is 0 Å². The van der Waals surface area contributed by atoms with E-state index in [0.717, 1.165) is 4.68 Å². The zero-order valence-corrected chi connectivity index (χ0v) is 18.8. The second-order valence-electron chi connectivity index (χ2n) is 7.47. The van der Waals surface area contributed by atoms with E-state index in [-0.39, 0.29) is 54.4 Å². The van der Waals surface area contributed by atoms with Crippen molar-refractivity contribution in [3.8, 4) is 11.8 Å². The van der Waals surface area contributed by atoms with E-state index in [0.29, 0.717) is 0 Å². The van der Waals surface area contributed by atoms with Gasteiger partial charge in [0, 0.05) is 0 Å². The molecule has 0 atom stereocenters. The molecule has 1 aromatic carbocycles. The minimum Gasteiger partial charge on any atom is -0.481 e. The molecule has 1 aliphatic carbocycles. The van der Waals surface area contributed by atoms with Gasteiger partial charge in [-0.2, -0.15) is 15.5 Å². The molecule has 182 valence electrons. The Labute approximate surface area is 197 Å². The fraction of sp³-hybridized carbons (Fsp3) is 0.235.